The summed E-state index contributed by atoms with van der Waals surface area (Å²) in [7, 11) is 0. The van der Waals surface area contributed by atoms with E-state index in [1.54, 1.807) is 6.07 Å². The zero-order chi connectivity index (χ0) is 15.7. The maximum atomic E-state index is 10.2. The topological polar surface area (TPSA) is 104 Å². The predicted octanol–water partition coefficient (Wildman–Crippen LogP) is 0.525. The number of para-hydroxylation sites is 1. The number of hydrogen-bond acceptors (Lipinski definition) is 6. The van der Waals surface area contributed by atoms with Gasteiger partial charge in [0.2, 0.25) is 0 Å². The molecular formula is C14H16ClNO6. The van der Waals surface area contributed by atoms with Gasteiger partial charge in [-0.2, -0.15) is 0 Å². The number of H-pyrrole nitrogens is 1. The van der Waals surface area contributed by atoms with Crippen LogP contribution in [-0.2, 0) is 9.03 Å². The third kappa shape index (κ3) is 2.91. The molecule has 22 heavy (non-hydrogen) atoms. The predicted molar refractivity (Wildman–Crippen MR) is 77.4 cm³/mol. The van der Waals surface area contributed by atoms with Crippen LogP contribution in [0.1, 0.15) is 0 Å². The number of aliphatic hydroxyl groups excluding tert-OH is 3. The van der Waals surface area contributed by atoms with Gasteiger partial charge in [-0.25, -0.2) is 0 Å². The monoisotopic (exact) mass is 329 g/mol. The number of fused-ring (bicyclic) bond motifs is 1. The van der Waals surface area contributed by atoms with Crippen LogP contribution in [0.2, 0.25) is 0 Å². The van der Waals surface area contributed by atoms with E-state index in [0.29, 0.717) is 5.88 Å². The van der Waals surface area contributed by atoms with Gasteiger partial charge in [-0.3, -0.25) is 4.29 Å². The molecule has 1 aliphatic rings. The van der Waals surface area contributed by atoms with Crippen molar-refractivity contribution in [1.82, 2.24) is 4.98 Å². The SMILES string of the molecule is O[C@H]1[C@@H](Oc2cc3ccccc3[nH]2)[C@H](O)[C@@H](COCl)O[C@H]1O. The molecular weight excluding hydrogens is 314 g/mol. The Morgan fingerprint density at radius 1 is 1.18 bits per heavy atom. The van der Waals surface area contributed by atoms with Gasteiger partial charge in [0.1, 0.15) is 18.3 Å². The molecule has 0 aliphatic carbocycles. The van der Waals surface area contributed by atoms with Crippen molar-refractivity contribution in [2.45, 2.75) is 30.7 Å². The maximum Gasteiger partial charge on any atom is 0.192 e. The van der Waals surface area contributed by atoms with E-state index in [9.17, 15) is 15.3 Å². The normalized spacial score (nSPS) is 32.3. The summed E-state index contributed by atoms with van der Waals surface area (Å²) in [5.41, 5.74) is 0.856. The molecule has 1 fully saturated rings. The van der Waals surface area contributed by atoms with Crippen molar-refractivity contribution in [2.24, 2.45) is 0 Å². The Morgan fingerprint density at radius 2 is 1.95 bits per heavy atom. The largest absolute Gasteiger partial charge is 0.470 e. The minimum atomic E-state index is -1.51. The van der Waals surface area contributed by atoms with Gasteiger partial charge in [0.25, 0.3) is 0 Å². The van der Waals surface area contributed by atoms with Gasteiger partial charge in [0, 0.05) is 17.0 Å². The van der Waals surface area contributed by atoms with Gasteiger partial charge in [0.15, 0.2) is 18.3 Å². The lowest BCUT2D eigenvalue weighted by Gasteiger charge is -2.39. The van der Waals surface area contributed by atoms with Crippen molar-refractivity contribution < 1.29 is 29.1 Å². The number of nitrogens with one attached hydrogen (secondary N) is 1. The number of ether oxygens (including phenoxy) is 2. The molecule has 0 unspecified atom stereocenters. The lowest BCUT2D eigenvalue weighted by atomic mass is 9.99. The van der Waals surface area contributed by atoms with Crippen LogP contribution in [0, 0.1) is 0 Å². The molecule has 3 rings (SSSR count). The number of benzene rings is 1. The fourth-order valence-corrected chi connectivity index (χ4v) is 2.64. The molecule has 4 N–H and O–H groups in total. The van der Waals surface area contributed by atoms with Crippen LogP contribution < -0.4 is 4.74 Å². The first kappa shape index (κ1) is 15.5. The Labute approximate surface area is 131 Å². The number of rotatable bonds is 4. The van der Waals surface area contributed by atoms with E-state index in [1.165, 1.54) is 0 Å². The standard InChI is InChI=1S/C14H16ClNO6/c15-20-6-9-11(17)13(12(18)14(19)21-9)22-10-5-7-3-1-2-4-8(7)16-10/h1-5,9,11-14,16-19H,6H2/t9-,11-,12+,13+,14-/m1/s1. The van der Waals surface area contributed by atoms with Crippen LogP contribution in [0.25, 0.3) is 10.9 Å². The first-order chi connectivity index (χ1) is 10.6. The molecule has 0 spiro atoms. The van der Waals surface area contributed by atoms with Crippen LogP contribution in [0.3, 0.4) is 0 Å². The minimum Gasteiger partial charge on any atom is -0.470 e. The van der Waals surface area contributed by atoms with Gasteiger partial charge >= 0.3 is 0 Å². The van der Waals surface area contributed by atoms with E-state index in [2.05, 4.69) is 9.27 Å². The number of aromatic amines is 1. The fraction of sp³-hybridized carbons (Fsp3) is 0.429. The molecule has 0 bridgehead atoms. The van der Waals surface area contributed by atoms with Crippen LogP contribution in [0.15, 0.2) is 30.3 Å². The first-order valence-electron chi connectivity index (χ1n) is 6.78. The highest BCUT2D eigenvalue weighted by Gasteiger charge is 2.45. The lowest BCUT2D eigenvalue weighted by molar-refractivity contribution is -0.280. The molecule has 1 aliphatic heterocycles. The van der Waals surface area contributed by atoms with Crippen molar-refractivity contribution in [2.75, 3.05) is 6.61 Å². The molecule has 0 amide bonds. The molecule has 5 atom stereocenters. The smallest absolute Gasteiger partial charge is 0.192 e. The van der Waals surface area contributed by atoms with Gasteiger partial charge < -0.3 is 29.8 Å². The average molecular weight is 330 g/mol. The van der Waals surface area contributed by atoms with Gasteiger partial charge in [-0.15, -0.1) is 0 Å². The van der Waals surface area contributed by atoms with Crippen LogP contribution in [0.4, 0.5) is 0 Å². The molecule has 1 saturated heterocycles. The molecule has 0 radical (unpaired) electrons. The third-order valence-electron chi connectivity index (χ3n) is 3.66. The Morgan fingerprint density at radius 3 is 2.68 bits per heavy atom. The zero-order valence-electron chi connectivity index (χ0n) is 11.4. The Balaban J connectivity index is 1.81. The highest BCUT2D eigenvalue weighted by atomic mass is 35.5. The van der Waals surface area contributed by atoms with E-state index in [1.807, 2.05) is 24.3 Å². The van der Waals surface area contributed by atoms with Gasteiger partial charge in [-0.05, 0) is 6.07 Å². The highest BCUT2D eigenvalue weighted by Crippen LogP contribution is 2.27. The van der Waals surface area contributed by atoms with Crippen molar-refractivity contribution in [3.05, 3.63) is 30.3 Å². The molecule has 2 heterocycles. The molecule has 1 aromatic heterocycles. The van der Waals surface area contributed by atoms with Crippen LogP contribution in [-0.4, -0.2) is 57.6 Å². The van der Waals surface area contributed by atoms with Crippen molar-refractivity contribution >= 4 is 22.8 Å². The highest BCUT2D eigenvalue weighted by molar-refractivity contribution is 6.07. The summed E-state index contributed by atoms with van der Waals surface area (Å²) in [5.74, 6) is 0.365. The van der Waals surface area contributed by atoms with E-state index in [-0.39, 0.29) is 6.61 Å². The van der Waals surface area contributed by atoms with Crippen molar-refractivity contribution in [1.29, 1.82) is 0 Å². The summed E-state index contributed by atoms with van der Waals surface area (Å²) in [5, 5.41) is 30.8. The second-order valence-electron chi connectivity index (χ2n) is 5.13. The van der Waals surface area contributed by atoms with Crippen molar-refractivity contribution in [3.8, 4) is 5.88 Å². The van der Waals surface area contributed by atoms with Gasteiger partial charge in [-0.1, -0.05) is 18.2 Å². The average Bonchev–Trinajstić information content (AvgIpc) is 2.92. The summed E-state index contributed by atoms with van der Waals surface area (Å²) in [6.45, 7) is -0.154. The first-order valence-corrected chi connectivity index (χ1v) is 7.08. The molecule has 1 aromatic carbocycles. The number of aliphatic hydroxyl groups is 3. The van der Waals surface area contributed by atoms with Crippen LogP contribution >= 0.6 is 11.9 Å². The lowest BCUT2D eigenvalue weighted by Crippen LogP contribution is -2.60. The quantitative estimate of drug-likeness (QED) is 0.652. The summed E-state index contributed by atoms with van der Waals surface area (Å²) >= 11 is 5.16. The third-order valence-corrected chi connectivity index (χ3v) is 3.78. The summed E-state index contributed by atoms with van der Waals surface area (Å²) in [4.78, 5) is 3.02. The number of hydrogen-bond donors (Lipinski definition) is 4. The zero-order valence-corrected chi connectivity index (χ0v) is 12.2. The minimum absolute atomic E-state index is 0.154. The van der Waals surface area contributed by atoms with E-state index >= 15 is 0 Å². The Hall–Kier alpha value is -1.35. The van der Waals surface area contributed by atoms with E-state index in [0.717, 1.165) is 10.9 Å². The van der Waals surface area contributed by atoms with E-state index in [4.69, 9.17) is 21.3 Å². The second-order valence-corrected chi connectivity index (χ2v) is 5.34. The second kappa shape index (κ2) is 6.41. The Kier molecular flexibility index (Phi) is 4.53. The summed E-state index contributed by atoms with van der Waals surface area (Å²) < 4.78 is 15.1. The Bertz CT molecular complexity index is 602. The fourth-order valence-electron chi connectivity index (χ4n) is 2.51. The summed E-state index contributed by atoms with van der Waals surface area (Å²) in [6, 6.07) is 9.27. The molecule has 8 heteroatoms. The molecule has 0 saturated carbocycles. The molecule has 7 nitrogen and oxygen atoms in total. The number of aromatic nitrogens is 1. The molecule has 120 valence electrons. The van der Waals surface area contributed by atoms with Gasteiger partial charge in [0.05, 0.1) is 18.5 Å². The number of halogens is 1. The maximum absolute atomic E-state index is 10.2. The van der Waals surface area contributed by atoms with E-state index < -0.39 is 30.7 Å². The molecule has 2 aromatic rings. The van der Waals surface area contributed by atoms with Crippen molar-refractivity contribution in [3.63, 3.8) is 0 Å². The van der Waals surface area contributed by atoms with Crippen LogP contribution in [0.5, 0.6) is 5.88 Å². The summed E-state index contributed by atoms with van der Waals surface area (Å²) in [6.07, 6.45) is -6.13.